The number of hydrogen-bond donors (Lipinski definition) is 1. The lowest BCUT2D eigenvalue weighted by molar-refractivity contribution is 0.162. The number of nitrogens with one attached hydrogen (secondary N) is 1. The SMILES string of the molecule is CC(C)C(CNC1CCC(C)(C)CC1)N1CCCC1. The van der Waals surface area contributed by atoms with Crippen molar-refractivity contribution in [2.45, 2.75) is 78.3 Å². The van der Waals surface area contributed by atoms with Gasteiger partial charge in [0.05, 0.1) is 0 Å². The van der Waals surface area contributed by atoms with Crippen LogP contribution in [0, 0.1) is 11.3 Å². The van der Waals surface area contributed by atoms with Crippen molar-refractivity contribution >= 4 is 0 Å². The molecule has 1 unspecified atom stereocenters. The lowest BCUT2D eigenvalue weighted by Crippen LogP contribution is -2.47. The lowest BCUT2D eigenvalue weighted by atomic mass is 9.75. The molecule has 1 N–H and O–H groups in total. The highest BCUT2D eigenvalue weighted by atomic mass is 15.2. The van der Waals surface area contributed by atoms with Crippen LogP contribution < -0.4 is 5.32 Å². The van der Waals surface area contributed by atoms with Crippen molar-refractivity contribution in [2.24, 2.45) is 11.3 Å². The predicted molar refractivity (Wildman–Crippen MR) is 83.5 cm³/mol. The predicted octanol–water partition coefficient (Wildman–Crippen LogP) is 3.67. The van der Waals surface area contributed by atoms with Crippen LogP contribution in [0.2, 0.25) is 0 Å². The largest absolute Gasteiger partial charge is 0.312 e. The Hall–Kier alpha value is -0.0800. The smallest absolute Gasteiger partial charge is 0.0243 e. The average Bonchev–Trinajstić information content (AvgIpc) is 2.84. The maximum Gasteiger partial charge on any atom is 0.0243 e. The molecule has 1 aliphatic heterocycles. The molecule has 0 bridgehead atoms. The minimum absolute atomic E-state index is 0.588. The van der Waals surface area contributed by atoms with E-state index in [0.717, 1.165) is 18.0 Å². The van der Waals surface area contributed by atoms with Crippen molar-refractivity contribution in [3.63, 3.8) is 0 Å². The molecule has 2 heteroatoms. The minimum atomic E-state index is 0.588. The fourth-order valence-electron chi connectivity index (χ4n) is 3.75. The van der Waals surface area contributed by atoms with Crippen LogP contribution in [0.15, 0.2) is 0 Å². The third kappa shape index (κ3) is 4.46. The number of hydrogen-bond acceptors (Lipinski definition) is 2. The van der Waals surface area contributed by atoms with Gasteiger partial charge in [-0.3, -0.25) is 4.90 Å². The third-order valence-electron chi connectivity index (χ3n) is 5.33. The molecule has 0 radical (unpaired) electrons. The van der Waals surface area contributed by atoms with Gasteiger partial charge in [-0.1, -0.05) is 27.7 Å². The van der Waals surface area contributed by atoms with Gasteiger partial charge in [-0.2, -0.15) is 0 Å². The van der Waals surface area contributed by atoms with Crippen LogP contribution >= 0.6 is 0 Å². The normalized spacial score (nSPS) is 27.0. The van der Waals surface area contributed by atoms with E-state index >= 15 is 0 Å². The summed E-state index contributed by atoms with van der Waals surface area (Å²) in [4.78, 5) is 2.71. The van der Waals surface area contributed by atoms with Gasteiger partial charge >= 0.3 is 0 Å². The summed E-state index contributed by atoms with van der Waals surface area (Å²) in [5, 5.41) is 3.88. The van der Waals surface area contributed by atoms with Crippen LogP contribution in [0.25, 0.3) is 0 Å². The molecule has 0 aromatic carbocycles. The first-order valence-corrected chi connectivity index (χ1v) is 8.45. The molecule has 0 aromatic rings. The standard InChI is InChI=1S/C17H34N2/c1-14(2)16(19-11-5-6-12-19)13-18-15-7-9-17(3,4)10-8-15/h14-16,18H,5-13H2,1-4H3. The Balaban J connectivity index is 1.76. The van der Waals surface area contributed by atoms with Crippen LogP contribution in [0.5, 0.6) is 0 Å². The molecule has 2 rings (SSSR count). The van der Waals surface area contributed by atoms with Gasteiger partial charge in [-0.25, -0.2) is 0 Å². The van der Waals surface area contributed by atoms with Gasteiger partial charge in [0.2, 0.25) is 0 Å². The van der Waals surface area contributed by atoms with Crippen LogP contribution in [0.4, 0.5) is 0 Å². The first-order chi connectivity index (χ1) is 8.98. The Kier molecular flexibility index (Phi) is 5.30. The molecule has 2 fully saturated rings. The zero-order chi connectivity index (χ0) is 13.9. The zero-order valence-electron chi connectivity index (χ0n) is 13.5. The molecule has 1 heterocycles. The summed E-state index contributed by atoms with van der Waals surface area (Å²) < 4.78 is 0. The van der Waals surface area contributed by atoms with Crippen LogP contribution in [-0.2, 0) is 0 Å². The van der Waals surface area contributed by atoms with E-state index in [4.69, 9.17) is 0 Å². The van der Waals surface area contributed by atoms with Gasteiger partial charge in [-0.15, -0.1) is 0 Å². The van der Waals surface area contributed by atoms with Crippen molar-refractivity contribution in [1.82, 2.24) is 10.2 Å². The van der Waals surface area contributed by atoms with E-state index in [9.17, 15) is 0 Å². The van der Waals surface area contributed by atoms with E-state index < -0.39 is 0 Å². The lowest BCUT2D eigenvalue weighted by Gasteiger charge is -2.37. The second kappa shape index (κ2) is 6.58. The monoisotopic (exact) mass is 266 g/mol. The Morgan fingerprint density at radius 3 is 2.21 bits per heavy atom. The summed E-state index contributed by atoms with van der Waals surface area (Å²) in [6.45, 7) is 13.4. The molecule has 2 aliphatic rings. The first-order valence-electron chi connectivity index (χ1n) is 8.45. The van der Waals surface area contributed by atoms with Crippen molar-refractivity contribution in [2.75, 3.05) is 19.6 Å². The topological polar surface area (TPSA) is 15.3 Å². The molecule has 112 valence electrons. The van der Waals surface area contributed by atoms with Gasteiger partial charge < -0.3 is 5.32 Å². The van der Waals surface area contributed by atoms with E-state index in [2.05, 4.69) is 37.9 Å². The third-order valence-corrected chi connectivity index (χ3v) is 5.33. The molecule has 0 spiro atoms. The second-order valence-corrected chi connectivity index (χ2v) is 7.90. The highest BCUT2D eigenvalue weighted by Crippen LogP contribution is 2.35. The number of nitrogens with zero attached hydrogens (tertiary/aromatic N) is 1. The van der Waals surface area contributed by atoms with E-state index in [1.54, 1.807) is 0 Å². The zero-order valence-corrected chi connectivity index (χ0v) is 13.5. The molecule has 1 saturated heterocycles. The molecule has 1 atom stereocenters. The summed E-state index contributed by atoms with van der Waals surface area (Å²) >= 11 is 0. The molecule has 2 nitrogen and oxygen atoms in total. The average molecular weight is 266 g/mol. The van der Waals surface area contributed by atoms with Gasteiger partial charge in [0.1, 0.15) is 0 Å². The summed E-state index contributed by atoms with van der Waals surface area (Å²) in [7, 11) is 0. The molecule has 1 aliphatic carbocycles. The molecule has 0 amide bonds. The summed E-state index contributed by atoms with van der Waals surface area (Å²) in [6, 6.07) is 1.52. The summed E-state index contributed by atoms with van der Waals surface area (Å²) in [5.41, 5.74) is 0.588. The first kappa shape index (κ1) is 15.3. The fourth-order valence-corrected chi connectivity index (χ4v) is 3.75. The van der Waals surface area contributed by atoms with E-state index in [-0.39, 0.29) is 0 Å². The molecular weight excluding hydrogens is 232 g/mol. The minimum Gasteiger partial charge on any atom is -0.312 e. The van der Waals surface area contributed by atoms with E-state index in [1.807, 2.05) is 0 Å². The van der Waals surface area contributed by atoms with Gasteiger partial charge in [0, 0.05) is 18.6 Å². The maximum atomic E-state index is 3.88. The second-order valence-electron chi connectivity index (χ2n) is 7.90. The summed E-state index contributed by atoms with van der Waals surface area (Å²) in [5.74, 6) is 0.769. The Labute approximate surface area is 120 Å². The molecule has 0 aromatic heterocycles. The Morgan fingerprint density at radius 2 is 1.68 bits per heavy atom. The summed E-state index contributed by atoms with van der Waals surface area (Å²) in [6.07, 6.45) is 8.33. The van der Waals surface area contributed by atoms with Crippen molar-refractivity contribution in [1.29, 1.82) is 0 Å². The quantitative estimate of drug-likeness (QED) is 0.817. The van der Waals surface area contributed by atoms with Gasteiger partial charge in [0.15, 0.2) is 0 Å². The fraction of sp³-hybridized carbons (Fsp3) is 1.00. The maximum absolute atomic E-state index is 3.88. The van der Waals surface area contributed by atoms with Gasteiger partial charge in [-0.05, 0) is 62.9 Å². The van der Waals surface area contributed by atoms with Crippen LogP contribution in [0.3, 0.4) is 0 Å². The molecule has 19 heavy (non-hydrogen) atoms. The molecular formula is C17H34N2. The number of likely N-dealkylation sites (tertiary alicyclic amines) is 1. The Morgan fingerprint density at radius 1 is 1.11 bits per heavy atom. The van der Waals surface area contributed by atoms with Crippen molar-refractivity contribution < 1.29 is 0 Å². The van der Waals surface area contributed by atoms with E-state index in [0.29, 0.717) is 5.41 Å². The van der Waals surface area contributed by atoms with Crippen molar-refractivity contribution in [3.8, 4) is 0 Å². The number of rotatable bonds is 5. The molecule has 1 saturated carbocycles. The highest BCUT2D eigenvalue weighted by molar-refractivity contribution is 4.86. The highest BCUT2D eigenvalue weighted by Gasteiger charge is 2.29. The van der Waals surface area contributed by atoms with Crippen LogP contribution in [-0.4, -0.2) is 36.6 Å². The van der Waals surface area contributed by atoms with Crippen LogP contribution in [0.1, 0.15) is 66.2 Å². The van der Waals surface area contributed by atoms with E-state index in [1.165, 1.54) is 58.2 Å². The Bertz CT molecular complexity index is 256. The van der Waals surface area contributed by atoms with Crippen molar-refractivity contribution in [3.05, 3.63) is 0 Å². The van der Waals surface area contributed by atoms with Gasteiger partial charge in [0.25, 0.3) is 0 Å².